The fraction of sp³-hybridized carbons (Fsp3) is 0.500. The largest absolute Gasteiger partial charge is 0.444 e. The molecule has 7 heteroatoms. The Morgan fingerprint density at radius 2 is 1.90 bits per heavy atom. The summed E-state index contributed by atoms with van der Waals surface area (Å²) in [6.07, 6.45) is -3.74. The van der Waals surface area contributed by atoms with Crippen molar-refractivity contribution >= 4 is 22.0 Å². The average Bonchev–Trinajstić information content (AvgIpc) is 2.28. The minimum Gasteiger partial charge on any atom is -0.444 e. The summed E-state index contributed by atoms with van der Waals surface area (Å²) in [4.78, 5) is 11.7. The maximum atomic E-state index is 13.8. The molecule has 3 nitrogen and oxygen atoms in total. The van der Waals surface area contributed by atoms with Crippen LogP contribution in [-0.2, 0) is 4.74 Å². The van der Waals surface area contributed by atoms with Gasteiger partial charge in [-0.2, -0.15) is 0 Å². The molecule has 0 saturated carbocycles. The molecular weight excluding hydrogens is 351 g/mol. The number of alkyl halides is 2. The summed E-state index contributed by atoms with van der Waals surface area (Å²) in [7, 11) is 0. The van der Waals surface area contributed by atoms with Crippen molar-refractivity contribution in [3.05, 3.63) is 33.5 Å². The average molecular weight is 368 g/mol. The number of halogens is 4. The monoisotopic (exact) mass is 367 g/mol. The van der Waals surface area contributed by atoms with Gasteiger partial charge in [-0.05, 0) is 55.3 Å². The first-order chi connectivity index (χ1) is 9.53. The Balaban J connectivity index is 3.00. The van der Waals surface area contributed by atoms with Gasteiger partial charge in [0, 0.05) is 0 Å². The van der Waals surface area contributed by atoms with Crippen molar-refractivity contribution in [3.8, 4) is 0 Å². The molecule has 0 radical (unpaired) electrons. The third-order valence-electron chi connectivity index (χ3n) is 2.58. The Bertz CT molecular complexity index is 530. The number of carbonyl (C=O) groups excluding carboxylic acids is 1. The maximum Gasteiger partial charge on any atom is 0.408 e. The van der Waals surface area contributed by atoms with E-state index in [1.807, 2.05) is 0 Å². The Hall–Kier alpha value is -1.24. The lowest BCUT2D eigenvalue weighted by atomic mass is 10.0. The molecule has 118 valence electrons. The van der Waals surface area contributed by atoms with E-state index in [9.17, 15) is 18.0 Å². The number of hydrogen-bond acceptors (Lipinski definition) is 2. The van der Waals surface area contributed by atoms with Gasteiger partial charge in [0.2, 0.25) is 0 Å². The molecule has 21 heavy (non-hydrogen) atoms. The number of benzene rings is 1. The van der Waals surface area contributed by atoms with Crippen LogP contribution in [0.5, 0.6) is 0 Å². The first-order valence-electron chi connectivity index (χ1n) is 6.28. The number of hydrogen-bond donors (Lipinski definition) is 1. The fourth-order valence-corrected chi connectivity index (χ4v) is 2.09. The summed E-state index contributed by atoms with van der Waals surface area (Å²) in [6.45, 7) is 6.53. The summed E-state index contributed by atoms with van der Waals surface area (Å²) < 4.78 is 44.9. The molecule has 0 spiro atoms. The van der Waals surface area contributed by atoms with Crippen molar-refractivity contribution in [2.75, 3.05) is 0 Å². The zero-order valence-corrected chi connectivity index (χ0v) is 13.7. The smallest absolute Gasteiger partial charge is 0.408 e. The molecule has 1 rings (SSSR count). The van der Waals surface area contributed by atoms with Crippen molar-refractivity contribution in [1.29, 1.82) is 0 Å². The number of amides is 1. The molecule has 1 atom stereocenters. The summed E-state index contributed by atoms with van der Waals surface area (Å²) in [5, 5.41) is 2.42. The molecule has 0 aliphatic rings. The number of ether oxygens (including phenoxy) is 1. The van der Waals surface area contributed by atoms with E-state index in [1.165, 1.54) is 19.1 Å². The third kappa shape index (κ3) is 4.91. The number of alkyl carbamates (subject to hydrolysis) is 1. The minimum absolute atomic E-state index is 0.0107. The first-order valence-corrected chi connectivity index (χ1v) is 7.07. The predicted octanol–water partition coefficient (Wildman–Crippen LogP) is 5.11. The Morgan fingerprint density at radius 1 is 1.33 bits per heavy atom. The minimum atomic E-state index is -2.99. The lowest BCUT2D eigenvalue weighted by Gasteiger charge is -2.23. The molecule has 0 aliphatic carbocycles. The van der Waals surface area contributed by atoms with Gasteiger partial charge in [-0.1, -0.05) is 6.07 Å². The third-order valence-corrected chi connectivity index (χ3v) is 3.20. The first kappa shape index (κ1) is 17.8. The number of carbonyl (C=O) groups is 1. The van der Waals surface area contributed by atoms with E-state index in [0.29, 0.717) is 0 Å². The molecule has 0 unspecified atom stereocenters. The SMILES string of the molecule is C[C@@H](NC(=O)OC(C)(C)C)c1ccc(Br)c(F)c1C(F)F. The van der Waals surface area contributed by atoms with Crippen molar-refractivity contribution < 1.29 is 22.7 Å². The topological polar surface area (TPSA) is 38.3 Å². The van der Waals surface area contributed by atoms with Crippen LogP contribution in [-0.4, -0.2) is 11.7 Å². The van der Waals surface area contributed by atoms with Gasteiger partial charge in [0.1, 0.15) is 11.4 Å². The highest BCUT2D eigenvalue weighted by atomic mass is 79.9. The summed E-state index contributed by atoms with van der Waals surface area (Å²) in [5.74, 6) is -1.03. The highest BCUT2D eigenvalue weighted by Gasteiger charge is 2.25. The Kier molecular flexibility index (Phi) is 5.67. The fourth-order valence-electron chi connectivity index (χ4n) is 1.74. The van der Waals surface area contributed by atoms with Gasteiger partial charge in [-0.3, -0.25) is 0 Å². The summed E-state index contributed by atoms with van der Waals surface area (Å²) >= 11 is 2.87. The van der Waals surface area contributed by atoms with Crippen LogP contribution in [0.1, 0.15) is 51.3 Å². The van der Waals surface area contributed by atoms with Crippen LogP contribution >= 0.6 is 15.9 Å². The van der Waals surface area contributed by atoms with E-state index < -0.39 is 35.5 Å². The predicted molar refractivity (Wildman–Crippen MR) is 76.8 cm³/mol. The zero-order chi connectivity index (χ0) is 16.4. The van der Waals surface area contributed by atoms with Gasteiger partial charge in [-0.25, -0.2) is 18.0 Å². The molecular formula is C14H17BrF3NO2. The molecule has 0 aliphatic heterocycles. The molecule has 0 aromatic heterocycles. The second kappa shape index (κ2) is 6.68. The van der Waals surface area contributed by atoms with Gasteiger partial charge in [0.05, 0.1) is 16.1 Å². The van der Waals surface area contributed by atoms with Crippen LogP contribution in [0.4, 0.5) is 18.0 Å². The van der Waals surface area contributed by atoms with E-state index in [-0.39, 0.29) is 10.0 Å². The van der Waals surface area contributed by atoms with Crippen molar-refractivity contribution in [3.63, 3.8) is 0 Å². The second-order valence-electron chi connectivity index (χ2n) is 5.53. The van der Waals surface area contributed by atoms with Gasteiger partial charge in [0.15, 0.2) is 0 Å². The zero-order valence-electron chi connectivity index (χ0n) is 12.1. The van der Waals surface area contributed by atoms with E-state index in [1.54, 1.807) is 20.8 Å². The van der Waals surface area contributed by atoms with E-state index in [2.05, 4.69) is 21.2 Å². The summed E-state index contributed by atoms with van der Waals surface area (Å²) in [6, 6.07) is 1.85. The van der Waals surface area contributed by atoms with E-state index in [4.69, 9.17) is 4.74 Å². The molecule has 0 saturated heterocycles. The highest BCUT2D eigenvalue weighted by molar-refractivity contribution is 9.10. The highest BCUT2D eigenvalue weighted by Crippen LogP contribution is 2.33. The van der Waals surface area contributed by atoms with E-state index >= 15 is 0 Å². The van der Waals surface area contributed by atoms with Crippen LogP contribution < -0.4 is 5.32 Å². The Labute approximate surface area is 130 Å². The van der Waals surface area contributed by atoms with Crippen LogP contribution in [0, 0.1) is 5.82 Å². The number of rotatable bonds is 3. The second-order valence-corrected chi connectivity index (χ2v) is 6.39. The molecule has 1 N–H and O–H groups in total. The van der Waals surface area contributed by atoms with Gasteiger partial charge < -0.3 is 10.1 Å². The van der Waals surface area contributed by atoms with Crippen molar-refractivity contribution in [1.82, 2.24) is 5.32 Å². The Morgan fingerprint density at radius 3 is 2.38 bits per heavy atom. The molecule has 1 aromatic rings. The van der Waals surface area contributed by atoms with E-state index in [0.717, 1.165) is 0 Å². The molecule has 1 amide bonds. The number of nitrogens with one attached hydrogen (secondary N) is 1. The maximum absolute atomic E-state index is 13.8. The van der Waals surface area contributed by atoms with Gasteiger partial charge in [-0.15, -0.1) is 0 Å². The van der Waals surface area contributed by atoms with Gasteiger partial charge >= 0.3 is 6.09 Å². The van der Waals surface area contributed by atoms with Crippen LogP contribution in [0.25, 0.3) is 0 Å². The van der Waals surface area contributed by atoms with Crippen LogP contribution in [0.2, 0.25) is 0 Å². The molecule has 1 aromatic carbocycles. The molecule has 0 heterocycles. The lowest BCUT2D eigenvalue weighted by molar-refractivity contribution is 0.0505. The molecule has 0 bridgehead atoms. The standard InChI is InChI=1S/C14H17BrF3NO2/c1-7(19-13(20)21-14(2,3)4)8-5-6-9(15)11(16)10(8)12(17)18/h5-7,12H,1-4H3,(H,19,20)/t7-/m1/s1. The van der Waals surface area contributed by atoms with Crippen LogP contribution in [0.15, 0.2) is 16.6 Å². The van der Waals surface area contributed by atoms with Crippen LogP contribution in [0.3, 0.4) is 0 Å². The lowest BCUT2D eigenvalue weighted by Crippen LogP contribution is -2.34. The normalized spacial score (nSPS) is 13.2. The summed E-state index contributed by atoms with van der Waals surface area (Å²) in [5.41, 5.74) is -1.43. The molecule has 0 fully saturated rings. The van der Waals surface area contributed by atoms with Crippen molar-refractivity contribution in [2.24, 2.45) is 0 Å². The quantitative estimate of drug-likeness (QED) is 0.805. The van der Waals surface area contributed by atoms with Crippen molar-refractivity contribution in [2.45, 2.75) is 45.8 Å². The van der Waals surface area contributed by atoms with Gasteiger partial charge in [0.25, 0.3) is 6.43 Å².